The van der Waals surface area contributed by atoms with Crippen LogP contribution in [-0.4, -0.2) is 20.7 Å². The van der Waals surface area contributed by atoms with Crippen LogP contribution in [0.15, 0.2) is 42.5 Å². The molecule has 0 bridgehead atoms. The molecule has 1 aromatic carbocycles. The van der Waals surface area contributed by atoms with E-state index in [1.807, 2.05) is 44.2 Å². The Bertz CT molecular complexity index is 962. The molecule has 2 heterocycles. The van der Waals surface area contributed by atoms with Gasteiger partial charge in [-0.15, -0.1) is 0 Å². The molecule has 0 aliphatic rings. The number of hydrogen-bond acceptors (Lipinski definition) is 3. The number of aryl methyl sites for hydroxylation is 2. The molecular weight excluding hydrogens is 348 g/mol. The topological polar surface area (TPSA) is 59.8 Å². The van der Waals surface area contributed by atoms with Crippen LogP contribution < -0.4 is 5.32 Å². The summed E-state index contributed by atoms with van der Waals surface area (Å²) >= 11 is 6.22. The van der Waals surface area contributed by atoms with Gasteiger partial charge in [-0.2, -0.15) is 5.10 Å². The van der Waals surface area contributed by atoms with Crippen molar-refractivity contribution < 1.29 is 4.79 Å². The second-order valence-electron chi connectivity index (χ2n) is 6.57. The van der Waals surface area contributed by atoms with Gasteiger partial charge in [-0.25, -0.2) is 9.67 Å². The summed E-state index contributed by atoms with van der Waals surface area (Å²) in [7, 11) is 0. The zero-order valence-corrected chi connectivity index (χ0v) is 16.0. The first-order chi connectivity index (χ1) is 12.3. The first kappa shape index (κ1) is 18.1. The zero-order valence-electron chi connectivity index (χ0n) is 15.2. The number of amides is 1. The first-order valence-corrected chi connectivity index (χ1v) is 8.84. The van der Waals surface area contributed by atoms with Crippen LogP contribution in [0.1, 0.15) is 47.2 Å². The number of halogens is 1. The molecule has 1 amide bonds. The number of carbonyl (C=O) groups is 1. The highest BCUT2D eigenvalue weighted by molar-refractivity contribution is 6.34. The number of pyridine rings is 1. The van der Waals surface area contributed by atoms with Crippen molar-refractivity contribution in [2.75, 3.05) is 5.32 Å². The molecule has 0 aliphatic carbocycles. The third-order valence-corrected chi connectivity index (χ3v) is 4.39. The largest absolute Gasteiger partial charge is 0.321 e. The minimum atomic E-state index is -0.348. The molecule has 2 aromatic heterocycles. The molecule has 5 nitrogen and oxygen atoms in total. The third-order valence-electron chi connectivity index (χ3n) is 4.08. The molecule has 0 radical (unpaired) electrons. The minimum absolute atomic E-state index is 0.173. The molecule has 0 unspecified atom stereocenters. The standard InChI is InChI=1S/C20H21ClN4O/c1-12(2)15-6-5-7-16(11-15)22-20(26)19-17(21)8-9-18(23-19)25-14(4)10-13(3)24-25/h5-12H,1-4H3,(H,22,26). The molecule has 6 heteroatoms. The molecule has 0 saturated carbocycles. The molecule has 0 atom stereocenters. The fraction of sp³-hybridized carbons (Fsp3) is 0.250. The summed E-state index contributed by atoms with van der Waals surface area (Å²) < 4.78 is 1.70. The van der Waals surface area contributed by atoms with Gasteiger partial charge in [0.2, 0.25) is 0 Å². The molecule has 0 saturated heterocycles. The van der Waals surface area contributed by atoms with Gasteiger partial charge in [0.15, 0.2) is 5.82 Å². The van der Waals surface area contributed by atoms with Crippen LogP contribution in [-0.2, 0) is 0 Å². The number of nitrogens with zero attached hydrogens (tertiary/aromatic N) is 3. The van der Waals surface area contributed by atoms with Crippen LogP contribution in [0.25, 0.3) is 5.82 Å². The maximum Gasteiger partial charge on any atom is 0.275 e. The number of carbonyl (C=O) groups excluding carboxylic acids is 1. The predicted molar refractivity (Wildman–Crippen MR) is 104 cm³/mol. The summed E-state index contributed by atoms with van der Waals surface area (Å²) in [5.41, 5.74) is 3.87. The second kappa shape index (κ2) is 7.30. The number of hydrogen-bond donors (Lipinski definition) is 1. The molecule has 0 aliphatic heterocycles. The number of aromatic nitrogens is 3. The second-order valence-corrected chi connectivity index (χ2v) is 6.98. The number of anilines is 1. The van der Waals surface area contributed by atoms with Gasteiger partial charge in [-0.1, -0.05) is 37.6 Å². The molecule has 134 valence electrons. The average molecular weight is 369 g/mol. The van der Waals surface area contributed by atoms with Gasteiger partial charge in [0.25, 0.3) is 5.91 Å². The highest BCUT2D eigenvalue weighted by Crippen LogP contribution is 2.21. The monoisotopic (exact) mass is 368 g/mol. The minimum Gasteiger partial charge on any atom is -0.321 e. The summed E-state index contributed by atoms with van der Waals surface area (Å²) in [5, 5.41) is 7.58. The fourth-order valence-electron chi connectivity index (χ4n) is 2.74. The van der Waals surface area contributed by atoms with Gasteiger partial charge in [-0.05, 0) is 55.7 Å². The molecule has 0 fully saturated rings. The van der Waals surface area contributed by atoms with Crippen molar-refractivity contribution in [1.29, 1.82) is 0 Å². The lowest BCUT2D eigenvalue weighted by Crippen LogP contribution is -2.16. The Kier molecular flexibility index (Phi) is 5.09. The van der Waals surface area contributed by atoms with Crippen LogP contribution in [0, 0.1) is 13.8 Å². The zero-order chi connectivity index (χ0) is 18.8. The quantitative estimate of drug-likeness (QED) is 0.711. The van der Waals surface area contributed by atoms with E-state index in [0.717, 1.165) is 22.6 Å². The van der Waals surface area contributed by atoms with E-state index < -0.39 is 0 Å². The van der Waals surface area contributed by atoms with Crippen molar-refractivity contribution in [2.45, 2.75) is 33.6 Å². The predicted octanol–water partition coefficient (Wildman–Crippen LogP) is 4.91. The molecule has 3 rings (SSSR count). The van der Waals surface area contributed by atoms with Gasteiger partial charge in [0.1, 0.15) is 5.69 Å². The number of rotatable bonds is 4. The van der Waals surface area contributed by atoms with E-state index in [2.05, 4.69) is 29.2 Å². The summed E-state index contributed by atoms with van der Waals surface area (Å²) in [5.74, 6) is 0.586. The Morgan fingerprint density at radius 3 is 2.58 bits per heavy atom. The van der Waals surface area contributed by atoms with Crippen LogP contribution in [0.2, 0.25) is 5.02 Å². The number of benzene rings is 1. The first-order valence-electron chi connectivity index (χ1n) is 8.46. The normalized spacial score (nSPS) is 11.0. The summed E-state index contributed by atoms with van der Waals surface area (Å²) in [6.07, 6.45) is 0. The Morgan fingerprint density at radius 2 is 1.92 bits per heavy atom. The fourth-order valence-corrected chi connectivity index (χ4v) is 2.93. The molecule has 26 heavy (non-hydrogen) atoms. The van der Waals surface area contributed by atoms with Crippen LogP contribution in [0.3, 0.4) is 0 Å². The van der Waals surface area contributed by atoms with Gasteiger partial charge in [-0.3, -0.25) is 4.79 Å². The van der Waals surface area contributed by atoms with Crippen molar-refractivity contribution in [3.63, 3.8) is 0 Å². The lowest BCUT2D eigenvalue weighted by molar-refractivity contribution is 0.102. The van der Waals surface area contributed by atoms with E-state index in [4.69, 9.17) is 11.6 Å². The van der Waals surface area contributed by atoms with E-state index in [1.165, 1.54) is 0 Å². The highest BCUT2D eigenvalue weighted by atomic mass is 35.5. The Morgan fingerprint density at radius 1 is 1.15 bits per heavy atom. The van der Waals surface area contributed by atoms with Crippen LogP contribution in [0.5, 0.6) is 0 Å². The summed E-state index contributed by atoms with van der Waals surface area (Å²) in [6.45, 7) is 8.07. The Labute approximate surface area is 158 Å². The molecule has 3 aromatic rings. The van der Waals surface area contributed by atoms with Gasteiger partial charge >= 0.3 is 0 Å². The van der Waals surface area contributed by atoms with Crippen molar-refractivity contribution in [1.82, 2.24) is 14.8 Å². The maximum atomic E-state index is 12.7. The van der Waals surface area contributed by atoms with Crippen LogP contribution in [0.4, 0.5) is 5.69 Å². The molecule has 1 N–H and O–H groups in total. The highest BCUT2D eigenvalue weighted by Gasteiger charge is 2.16. The number of nitrogens with one attached hydrogen (secondary N) is 1. The smallest absolute Gasteiger partial charge is 0.275 e. The molecule has 0 spiro atoms. The average Bonchev–Trinajstić information content (AvgIpc) is 2.93. The van der Waals surface area contributed by atoms with E-state index in [-0.39, 0.29) is 11.6 Å². The van der Waals surface area contributed by atoms with Crippen molar-refractivity contribution in [3.05, 3.63) is 70.1 Å². The van der Waals surface area contributed by atoms with E-state index >= 15 is 0 Å². The SMILES string of the molecule is Cc1cc(C)n(-c2ccc(Cl)c(C(=O)Nc3cccc(C(C)C)c3)n2)n1. The van der Waals surface area contributed by atoms with Crippen LogP contribution >= 0.6 is 11.6 Å². The summed E-state index contributed by atoms with van der Waals surface area (Å²) in [6, 6.07) is 13.1. The van der Waals surface area contributed by atoms with Crippen molar-refractivity contribution in [3.8, 4) is 5.82 Å². The van der Waals surface area contributed by atoms with Crippen molar-refractivity contribution in [2.24, 2.45) is 0 Å². The van der Waals surface area contributed by atoms with Gasteiger partial charge in [0, 0.05) is 11.4 Å². The summed E-state index contributed by atoms with van der Waals surface area (Å²) in [4.78, 5) is 17.1. The van der Waals surface area contributed by atoms with E-state index in [9.17, 15) is 4.79 Å². The van der Waals surface area contributed by atoms with Gasteiger partial charge in [0.05, 0.1) is 10.7 Å². The van der Waals surface area contributed by atoms with Gasteiger partial charge < -0.3 is 5.32 Å². The Balaban J connectivity index is 1.91. The van der Waals surface area contributed by atoms with E-state index in [1.54, 1.807) is 16.8 Å². The van der Waals surface area contributed by atoms with Crippen molar-refractivity contribution >= 4 is 23.2 Å². The maximum absolute atomic E-state index is 12.7. The lowest BCUT2D eigenvalue weighted by Gasteiger charge is -2.11. The lowest BCUT2D eigenvalue weighted by atomic mass is 10.0. The Hall–Kier alpha value is -2.66. The molecular formula is C20H21ClN4O. The van der Waals surface area contributed by atoms with E-state index in [0.29, 0.717) is 16.8 Å². The third kappa shape index (κ3) is 3.78.